The Morgan fingerprint density at radius 3 is 2.26 bits per heavy atom. The molecule has 1 N–H and O–H groups in total. The van der Waals surface area contributed by atoms with E-state index in [1.807, 2.05) is 0 Å². The van der Waals surface area contributed by atoms with Crippen molar-refractivity contribution >= 4 is 28.2 Å². The van der Waals surface area contributed by atoms with Crippen molar-refractivity contribution in [2.45, 2.75) is 53.4 Å². The van der Waals surface area contributed by atoms with Gasteiger partial charge in [-0.1, -0.05) is 27.2 Å². The second-order valence-electron chi connectivity index (χ2n) is 9.08. The molecule has 34 heavy (non-hydrogen) atoms. The highest BCUT2D eigenvalue weighted by atomic mass is 32.1. The first-order valence-electron chi connectivity index (χ1n) is 11.6. The summed E-state index contributed by atoms with van der Waals surface area (Å²) < 4.78 is 21.5. The van der Waals surface area contributed by atoms with Crippen molar-refractivity contribution in [2.24, 2.45) is 11.3 Å². The zero-order valence-electron chi connectivity index (χ0n) is 21.1. The van der Waals surface area contributed by atoms with Crippen LogP contribution in [-0.2, 0) is 17.6 Å². The molecular formula is C26H35NO6S. The third kappa shape index (κ3) is 5.02. The van der Waals surface area contributed by atoms with Gasteiger partial charge < -0.3 is 24.3 Å². The molecule has 186 valence electrons. The predicted molar refractivity (Wildman–Crippen MR) is 134 cm³/mol. The van der Waals surface area contributed by atoms with E-state index < -0.39 is 5.97 Å². The van der Waals surface area contributed by atoms with Crippen LogP contribution < -0.4 is 19.5 Å². The van der Waals surface area contributed by atoms with Gasteiger partial charge in [0, 0.05) is 10.4 Å². The average molecular weight is 490 g/mol. The number of rotatable bonds is 9. The van der Waals surface area contributed by atoms with Crippen molar-refractivity contribution in [1.29, 1.82) is 0 Å². The number of thiophene rings is 1. The lowest BCUT2D eigenvalue weighted by molar-refractivity contribution is 0.0526. The van der Waals surface area contributed by atoms with E-state index in [2.05, 4.69) is 26.1 Å². The van der Waals surface area contributed by atoms with Gasteiger partial charge in [-0.15, -0.1) is 11.3 Å². The van der Waals surface area contributed by atoms with Gasteiger partial charge in [0.1, 0.15) is 5.00 Å². The van der Waals surface area contributed by atoms with E-state index in [0.29, 0.717) is 39.3 Å². The molecule has 7 nitrogen and oxygen atoms in total. The normalized spacial score (nSPS) is 15.3. The van der Waals surface area contributed by atoms with Crippen LogP contribution in [0.5, 0.6) is 17.2 Å². The van der Waals surface area contributed by atoms with E-state index >= 15 is 0 Å². The molecule has 0 radical (unpaired) electrons. The Bertz CT molecular complexity index is 1030. The van der Waals surface area contributed by atoms with Gasteiger partial charge in [-0.25, -0.2) is 4.79 Å². The fraction of sp³-hybridized carbons (Fsp3) is 0.538. The van der Waals surface area contributed by atoms with Gasteiger partial charge in [0.15, 0.2) is 11.5 Å². The molecule has 1 aromatic heterocycles. The molecule has 1 unspecified atom stereocenters. The molecule has 1 aromatic carbocycles. The zero-order chi connectivity index (χ0) is 25.0. The Labute approximate surface area is 205 Å². The summed E-state index contributed by atoms with van der Waals surface area (Å²) in [5.74, 6) is 0.935. The first-order chi connectivity index (χ1) is 16.2. The molecule has 3 rings (SSSR count). The first-order valence-corrected chi connectivity index (χ1v) is 12.4. The molecule has 2 aromatic rings. The fourth-order valence-electron chi connectivity index (χ4n) is 4.44. The Morgan fingerprint density at radius 2 is 1.74 bits per heavy atom. The quantitative estimate of drug-likeness (QED) is 0.452. The Hall–Kier alpha value is -2.74. The van der Waals surface area contributed by atoms with Crippen LogP contribution in [0.1, 0.15) is 71.7 Å². The molecule has 0 bridgehead atoms. The van der Waals surface area contributed by atoms with E-state index in [-0.39, 0.29) is 17.9 Å². The third-order valence-corrected chi connectivity index (χ3v) is 8.08. The Morgan fingerprint density at radius 1 is 1.09 bits per heavy atom. The summed E-state index contributed by atoms with van der Waals surface area (Å²) in [6.07, 6.45) is 3.80. The lowest BCUT2D eigenvalue weighted by Gasteiger charge is -2.36. The summed E-state index contributed by atoms with van der Waals surface area (Å²) in [6.45, 7) is 8.88. The summed E-state index contributed by atoms with van der Waals surface area (Å²) >= 11 is 1.48. The minimum Gasteiger partial charge on any atom is -0.493 e. The zero-order valence-corrected chi connectivity index (χ0v) is 21.9. The number of hydrogen-bond acceptors (Lipinski definition) is 7. The molecule has 0 spiro atoms. The highest BCUT2D eigenvalue weighted by Crippen LogP contribution is 2.46. The number of carbonyl (C=O) groups is 2. The van der Waals surface area contributed by atoms with Crippen molar-refractivity contribution in [1.82, 2.24) is 0 Å². The maximum Gasteiger partial charge on any atom is 0.341 e. The van der Waals surface area contributed by atoms with E-state index in [4.69, 9.17) is 18.9 Å². The Kier molecular flexibility index (Phi) is 8.13. The number of nitrogens with one attached hydrogen (secondary N) is 1. The van der Waals surface area contributed by atoms with E-state index in [1.54, 1.807) is 19.1 Å². The molecule has 1 amide bonds. The summed E-state index contributed by atoms with van der Waals surface area (Å²) in [4.78, 5) is 27.3. The van der Waals surface area contributed by atoms with Gasteiger partial charge in [-0.05, 0) is 55.2 Å². The van der Waals surface area contributed by atoms with E-state index in [0.717, 1.165) is 36.1 Å². The second kappa shape index (κ2) is 10.7. The van der Waals surface area contributed by atoms with Crippen LogP contribution in [0.25, 0.3) is 0 Å². The number of anilines is 1. The topological polar surface area (TPSA) is 83.1 Å². The molecule has 8 heteroatoms. The van der Waals surface area contributed by atoms with Crippen LogP contribution in [0.15, 0.2) is 12.1 Å². The molecule has 1 atom stereocenters. The number of carbonyl (C=O) groups excluding carboxylic acids is 2. The molecule has 0 aliphatic heterocycles. The van der Waals surface area contributed by atoms with E-state index in [1.165, 1.54) is 32.7 Å². The summed E-state index contributed by atoms with van der Waals surface area (Å²) in [5.41, 5.74) is 2.04. The van der Waals surface area contributed by atoms with Gasteiger partial charge >= 0.3 is 5.97 Å². The highest BCUT2D eigenvalue weighted by Gasteiger charge is 2.36. The minimum absolute atomic E-state index is 0.214. The summed E-state index contributed by atoms with van der Waals surface area (Å²) in [5, 5.41) is 3.48. The molecule has 0 saturated heterocycles. The predicted octanol–water partition coefficient (Wildman–Crippen LogP) is 5.74. The average Bonchev–Trinajstić information content (AvgIpc) is 3.19. The largest absolute Gasteiger partial charge is 0.493 e. The molecular weight excluding hydrogens is 454 g/mol. The highest BCUT2D eigenvalue weighted by molar-refractivity contribution is 7.17. The number of esters is 1. The molecule has 1 aliphatic carbocycles. The third-order valence-electron chi connectivity index (χ3n) is 6.92. The number of hydrogen-bond donors (Lipinski definition) is 1. The number of amides is 1. The van der Waals surface area contributed by atoms with Gasteiger partial charge in [0.25, 0.3) is 5.91 Å². The van der Waals surface area contributed by atoms with Gasteiger partial charge in [-0.3, -0.25) is 4.79 Å². The van der Waals surface area contributed by atoms with Crippen molar-refractivity contribution in [3.63, 3.8) is 0 Å². The standard InChI is InChI=1S/C26H35NO6S/c1-8-26(3,4)16-10-11-17-20(14-16)34-24(21(17)25(29)33-9-2)27-23(28)15-12-18(30-5)22(32-7)19(13-15)31-6/h12-13,16H,8-11,14H2,1-7H3,(H,27,28). The SMILES string of the molecule is CCOC(=O)c1c(NC(=O)c2cc(OC)c(OC)c(OC)c2)sc2c1CCC(C(C)(C)CC)C2. The summed E-state index contributed by atoms with van der Waals surface area (Å²) in [6, 6.07) is 3.18. The fourth-order valence-corrected chi connectivity index (χ4v) is 5.75. The monoisotopic (exact) mass is 489 g/mol. The molecule has 1 aliphatic rings. The first kappa shape index (κ1) is 25.9. The van der Waals surface area contributed by atoms with Crippen molar-refractivity contribution < 1.29 is 28.5 Å². The lowest BCUT2D eigenvalue weighted by atomic mass is 9.69. The van der Waals surface area contributed by atoms with Crippen molar-refractivity contribution in [3.8, 4) is 17.2 Å². The number of benzene rings is 1. The van der Waals surface area contributed by atoms with Crippen molar-refractivity contribution in [3.05, 3.63) is 33.7 Å². The maximum absolute atomic E-state index is 13.3. The molecule has 0 fully saturated rings. The number of ether oxygens (including phenoxy) is 4. The smallest absolute Gasteiger partial charge is 0.341 e. The maximum atomic E-state index is 13.3. The van der Waals surface area contributed by atoms with Crippen LogP contribution in [0.3, 0.4) is 0 Å². The van der Waals surface area contributed by atoms with Crippen molar-refractivity contribution in [2.75, 3.05) is 33.3 Å². The van der Waals surface area contributed by atoms with Crippen LogP contribution in [0.2, 0.25) is 0 Å². The van der Waals surface area contributed by atoms with Gasteiger partial charge in [0.05, 0.1) is 33.5 Å². The number of methoxy groups -OCH3 is 3. The molecule has 0 saturated carbocycles. The van der Waals surface area contributed by atoms with Crippen LogP contribution in [0, 0.1) is 11.3 Å². The van der Waals surface area contributed by atoms with Crippen LogP contribution in [0.4, 0.5) is 5.00 Å². The van der Waals surface area contributed by atoms with E-state index in [9.17, 15) is 9.59 Å². The van der Waals surface area contributed by atoms with Crippen LogP contribution >= 0.6 is 11.3 Å². The Balaban J connectivity index is 1.99. The molecule has 1 heterocycles. The lowest BCUT2D eigenvalue weighted by Crippen LogP contribution is -2.28. The second-order valence-corrected chi connectivity index (χ2v) is 10.2. The van der Waals surface area contributed by atoms with Gasteiger partial charge in [0.2, 0.25) is 5.75 Å². The minimum atomic E-state index is -0.395. The van der Waals surface area contributed by atoms with Gasteiger partial charge in [-0.2, -0.15) is 0 Å². The number of fused-ring (bicyclic) bond motifs is 1. The van der Waals surface area contributed by atoms with Crippen LogP contribution in [-0.4, -0.2) is 39.8 Å². The summed E-state index contributed by atoms with van der Waals surface area (Å²) in [7, 11) is 4.51.